The molecule has 2 aromatic rings. The van der Waals surface area contributed by atoms with Gasteiger partial charge in [0.05, 0.1) is 18.2 Å². The van der Waals surface area contributed by atoms with Gasteiger partial charge in [-0.2, -0.15) is 0 Å². The summed E-state index contributed by atoms with van der Waals surface area (Å²) in [5, 5.41) is 5.82. The third-order valence-electron chi connectivity index (χ3n) is 6.52. The molecular formula is C27H33N3O3. The highest BCUT2D eigenvalue weighted by molar-refractivity contribution is 5.95. The number of hydrogen-bond donors (Lipinski definition) is 2. The molecular weight excluding hydrogens is 414 g/mol. The van der Waals surface area contributed by atoms with Gasteiger partial charge in [0.25, 0.3) is 0 Å². The number of urea groups is 1. The maximum atomic E-state index is 13.0. The van der Waals surface area contributed by atoms with E-state index in [9.17, 15) is 9.59 Å². The molecule has 1 atom stereocenters. The van der Waals surface area contributed by atoms with E-state index < -0.39 is 6.04 Å². The molecule has 0 radical (unpaired) electrons. The van der Waals surface area contributed by atoms with Gasteiger partial charge in [0.1, 0.15) is 0 Å². The zero-order valence-corrected chi connectivity index (χ0v) is 19.5. The SMILES string of the molecule is CCOC(=O)C1=C(CN2CCC(Cc3ccccc3)CC2)NC(=O)N[C@H]1c1ccc(C)cc1. The Morgan fingerprint density at radius 3 is 2.42 bits per heavy atom. The molecule has 174 valence electrons. The van der Waals surface area contributed by atoms with Crippen LogP contribution in [0.5, 0.6) is 0 Å². The van der Waals surface area contributed by atoms with E-state index in [2.05, 4.69) is 45.9 Å². The van der Waals surface area contributed by atoms with Gasteiger partial charge in [-0.3, -0.25) is 4.90 Å². The molecule has 0 aromatic heterocycles. The maximum absolute atomic E-state index is 13.0. The van der Waals surface area contributed by atoms with Gasteiger partial charge in [-0.25, -0.2) is 9.59 Å². The number of ether oxygens (including phenoxy) is 1. The zero-order valence-electron chi connectivity index (χ0n) is 19.5. The van der Waals surface area contributed by atoms with Gasteiger partial charge < -0.3 is 15.4 Å². The molecule has 0 bridgehead atoms. The highest BCUT2D eigenvalue weighted by Crippen LogP contribution is 2.29. The first kappa shape index (κ1) is 23.1. The van der Waals surface area contributed by atoms with Crippen LogP contribution in [0.3, 0.4) is 0 Å². The van der Waals surface area contributed by atoms with E-state index in [0.717, 1.165) is 43.5 Å². The number of rotatable bonds is 7. The molecule has 2 aliphatic heterocycles. The van der Waals surface area contributed by atoms with Crippen molar-refractivity contribution in [1.29, 1.82) is 0 Å². The fraction of sp³-hybridized carbons (Fsp3) is 0.407. The predicted octanol–water partition coefficient (Wildman–Crippen LogP) is 4.12. The van der Waals surface area contributed by atoms with Crippen LogP contribution in [0.2, 0.25) is 0 Å². The number of amides is 2. The number of piperidine rings is 1. The fourth-order valence-corrected chi connectivity index (χ4v) is 4.72. The Bertz CT molecular complexity index is 993. The molecule has 0 spiro atoms. The molecule has 2 amide bonds. The van der Waals surface area contributed by atoms with Gasteiger partial charge in [0.2, 0.25) is 0 Å². The highest BCUT2D eigenvalue weighted by atomic mass is 16.5. The van der Waals surface area contributed by atoms with E-state index in [1.165, 1.54) is 5.56 Å². The van der Waals surface area contributed by atoms with E-state index in [0.29, 0.717) is 23.7 Å². The summed E-state index contributed by atoms with van der Waals surface area (Å²) in [5.74, 6) is 0.273. The largest absolute Gasteiger partial charge is 0.463 e. The topological polar surface area (TPSA) is 70.7 Å². The van der Waals surface area contributed by atoms with Crippen molar-refractivity contribution >= 4 is 12.0 Å². The summed E-state index contributed by atoms with van der Waals surface area (Å²) >= 11 is 0. The lowest BCUT2D eigenvalue weighted by molar-refractivity contribution is -0.139. The third-order valence-corrected chi connectivity index (χ3v) is 6.52. The summed E-state index contributed by atoms with van der Waals surface area (Å²) in [5.41, 5.74) is 4.52. The first-order valence-corrected chi connectivity index (χ1v) is 11.8. The molecule has 6 nitrogen and oxygen atoms in total. The fourth-order valence-electron chi connectivity index (χ4n) is 4.72. The molecule has 33 heavy (non-hydrogen) atoms. The average molecular weight is 448 g/mol. The van der Waals surface area contributed by atoms with Crippen LogP contribution in [-0.2, 0) is 16.0 Å². The van der Waals surface area contributed by atoms with Crippen LogP contribution in [0, 0.1) is 12.8 Å². The summed E-state index contributed by atoms with van der Waals surface area (Å²) in [6.07, 6.45) is 3.30. The standard InChI is InChI=1S/C27H33N3O3/c1-3-33-26(31)24-23(28-27(32)29-25(24)22-11-9-19(2)10-12-22)18-30-15-13-21(14-16-30)17-20-7-5-4-6-8-20/h4-12,21,25H,3,13-18H2,1-2H3,(H2,28,29,32)/t25-/m0/s1. The Balaban J connectivity index is 1.50. The van der Waals surface area contributed by atoms with Crippen LogP contribution in [-0.4, -0.2) is 43.1 Å². The second kappa shape index (κ2) is 10.7. The van der Waals surface area contributed by atoms with E-state index >= 15 is 0 Å². The first-order valence-electron chi connectivity index (χ1n) is 11.8. The minimum absolute atomic E-state index is 0.287. The van der Waals surface area contributed by atoms with Crippen molar-refractivity contribution in [3.63, 3.8) is 0 Å². The Hall–Kier alpha value is -3.12. The lowest BCUT2D eigenvalue weighted by atomic mass is 9.89. The quantitative estimate of drug-likeness (QED) is 0.627. The second-order valence-corrected chi connectivity index (χ2v) is 8.96. The summed E-state index contributed by atoms with van der Waals surface area (Å²) < 4.78 is 5.39. The third kappa shape index (κ3) is 5.82. The van der Waals surface area contributed by atoms with Crippen LogP contribution < -0.4 is 10.6 Å². The Kier molecular flexibility index (Phi) is 7.45. The molecule has 0 aliphatic carbocycles. The van der Waals surface area contributed by atoms with Crippen molar-refractivity contribution in [1.82, 2.24) is 15.5 Å². The van der Waals surface area contributed by atoms with Crippen LogP contribution in [0.15, 0.2) is 65.9 Å². The molecule has 2 N–H and O–H groups in total. The van der Waals surface area contributed by atoms with Crippen molar-refractivity contribution in [2.75, 3.05) is 26.2 Å². The predicted molar refractivity (Wildman–Crippen MR) is 129 cm³/mol. The van der Waals surface area contributed by atoms with Gasteiger partial charge in [0.15, 0.2) is 0 Å². The number of carbonyl (C=O) groups is 2. The van der Waals surface area contributed by atoms with Crippen LogP contribution in [0.4, 0.5) is 4.79 Å². The van der Waals surface area contributed by atoms with Crippen LogP contribution in [0.1, 0.15) is 42.5 Å². The van der Waals surface area contributed by atoms with Gasteiger partial charge in [-0.15, -0.1) is 0 Å². The smallest absolute Gasteiger partial charge is 0.338 e. The lowest BCUT2D eigenvalue weighted by Crippen LogP contribution is -2.49. The second-order valence-electron chi connectivity index (χ2n) is 8.96. The van der Waals surface area contributed by atoms with Gasteiger partial charge in [0, 0.05) is 12.2 Å². The van der Waals surface area contributed by atoms with Crippen molar-refractivity contribution in [3.05, 3.63) is 82.6 Å². The number of carbonyl (C=O) groups excluding carboxylic acids is 2. The number of aryl methyl sites for hydroxylation is 1. The van der Waals surface area contributed by atoms with Crippen molar-refractivity contribution in [2.45, 2.75) is 39.2 Å². The number of nitrogens with zero attached hydrogens (tertiary/aromatic N) is 1. The molecule has 1 saturated heterocycles. The summed E-state index contributed by atoms with van der Waals surface area (Å²) in [4.78, 5) is 27.8. The number of hydrogen-bond acceptors (Lipinski definition) is 4. The minimum atomic E-state index is -0.524. The van der Waals surface area contributed by atoms with Crippen molar-refractivity contribution in [3.8, 4) is 0 Å². The maximum Gasteiger partial charge on any atom is 0.338 e. The zero-order chi connectivity index (χ0) is 23.2. The van der Waals surface area contributed by atoms with E-state index in [1.807, 2.05) is 31.2 Å². The Morgan fingerprint density at radius 1 is 1.06 bits per heavy atom. The number of esters is 1. The Labute approximate surface area is 196 Å². The van der Waals surface area contributed by atoms with Gasteiger partial charge in [-0.05, 0) is 63.2 Å². The molecule has 4 rings (SSSR count). The summed E-state index contributed by atoms with van der Waals surface area (Å²) in [6, 6.07) is 17.7. The number of benzene rings is 2. The highest BCUT2D eigenvalue weighted by Gasteiger charge is 2.34. The molecule has 2 aromatic carbocycles. The van der Waals surface area contributed by atoms with Crippen LogP contribution >= 0.6 is 0 Å². The first-order chi connectivity index (χ1) is 16.0. The van der Waals surface area contributed by atoms with Crippen molar-refractivity contribution < 1.29 is 14.3 Å². The number of likely N-dealkylation sites (tertiary alicyclic amines) is 1. The van der Waals surface area contributed by atoms with Crippen LogP contribution in [0.25, 0.3) is 0 Å². The monoisotopic (exact) mass is 447 g/mol. The molecule has 0 saturated carbocycles. The molecule has 0 unspecified atom stereocenters. The molecule has 2 aliphatic rings. The van der Waals surface area contributed by atoms with E-state index in [4.69, 9.17) is 4.74 Å². The normalized spacial score (nSPS) is 19.7. The summed E-state index contributed by atoms with van der Waals surface area (Å²) in [6.45, 7) is 6.51. The molecule has 6 heteroatoms. The van der Waals surface area contributed by atoms with Gasteiger partial charge in [-0.1, -0.05) is 60.2 Å². The van der Waals surface area contributed by atoms with E-state index in [-0.39, 0.29) is 18.6 Å². The summed E-state index contributed by atoms with van der Waals surface area (Å²) in [7, 11) is 0. The van der Waals surface area contributed by atoms with Gasteiger partial charge >= 0.3 is 12.0 Å². The molecule has 2 heterocycles. The number of nitrogens with one attached hydrogen (secondary N) is 2. The Morgan fingerprint density at radius 2 is 1.76 bits per heavy atom. The average Bonchev–Trinajstić information content (AvgIpc) is 2.81. The lowest BCUT2D eigenvalue weighted by Gasteiger charge is -2.35. The minimum Gasteiger partial charge on any atom is -0.463 e. The van der Waals surface area contributed by atoms with E-state index in [1.54, 1.807) is 6.92 Å². The molecule has 1 fully saturated rings. The van der Waals surface area contributed by atoms with Crippen molar-refractivity contribution in [2.24, 2.45) is 5.92 Å².